The van der Waals surface area contributed by atoms with Crippen molar-refractivity contribution in [2.75, 3.05) is 6.61 Å². The van der Waals surface area contributed by atoms with E-state index in [0.29, 0.717) is 23.1 Å². The maximum absolute atomic E-state index is 11.7. The molecule has 19 heavy (non-hydrogen) atoms. The SMILES string of the molecule is CCOC(=O)[C@@H](C)Oc1cccc2c(=O)[nH]ccc12. The quantitative estimate of drug-likeness (QED) is 0.853. The van der Waals surface area contributed by atoms with Crippen molar-refractivity contribution in [3.8, 4) is 5.75 Å². The number of fused-ring (bicyclic) bond motifs is 1. The number of aromatic amines is 1. The van der Waals surface area contributed by atoms with E-state index in [1.807, 2.05) is 0 Å². The second kappa shape index (κ2) is 5.56. The molecule has 1 heterocycles. The minimum atomic E-state index is -0.718. The topological polar surface area (TPSA) is 68.4 Å². The lowest BCUT2D eigenvalue weighted by Crippen LogP contribution is -2.26. The summed E-state index contributed by atoms with van der Waals surface area (Å²) in [5, 5.41) is 1.19. The second-order valence-electron chi connectivity index (χ2n) is 4.04. The number of pyridine rings is 1. The number of carbonyl (C=O) groups excluding carboxylic acids is 1. The van der Waals surface area contributed by atoms with E-state index in [1.54, 1.807) is 44.3 Å². The molecule has 0 aliphatic rings. The lowest BCUT2D eigenvalue weighted by molar-refractivity contribution is -0.150. The normalized spacial score (nSPS) is 12.1. The molecule has 1 aromatic carbocycles. The van der Waals surface area contributed by atoms with Gasteiger partial charge in [0.15, 0.2) is 6.10 Å². The fourth-order valence-electron chi connectivity index (χ4n) is 1.79. The summed E-state index contributed by atoms with van der Waals surface area (Å²) >= 11 is 0. The molecule has 2 aromatic rings. The largest absolute Gasteiger partial charge is 0.478 e. The fourth-order valence-corrected chi connectivity index (χ4v) is 1.79. The Bertz CT molecular complexity index is 647. The first kappa shape index (κ1) is 13.1. The number of aromatic nitrogens is 1. The van der Waals surface area contributed by atoms with E-state index in [0.717, 1.165) is 0 Å². The van der Waals surface area contributed by atoms with E-state index >= 15 is 0 Å². The molecule has 0 aliphatic heterocycles. The maximum Gasteiger partial charge on any atom is 0.347 e. The minimum absolute atomic E-state index is 0.188. The highest BCUT2D eigenvalue weighted by Gasteiger charge is 2.17. The highest BCUT2D eigenvalue weighted by atomic mass is 16.6. The van der Waals surface area contributed by atoms with Gasteiger partial charge in [-0.15, -0.1) is 0 Å². The van der Waals surface area contributed by atoms with Crippen molar-refractivity contribution in [2.24, 2.45) is 0 Å². The van der Waals surface area contributed by atoms with Crippen molar-refractivity contribution in [3.05, 3.63) is 40.8 Å². The van der Waals surface area contributed by atoms with Crippen LogP contribution in [0, 0.1) is 0 Å². The third-order valence-corrected chi connectivity index (χ3v) is 2.70. The molecule has 5 heteroatoms. The summed E-state index contributed by atoms with van der Waals surface area (Å²) in [4.78, 5) is 25.8. The van der Waals surface area contributed by atoms with E-state index in [4.69, 9.17) is 9.47 Å². The molecule has 0 bridgehead atoms. The molecule has 1 aromatic heterocycles. The zero-order valence-corrected chi connectivity index (χ0v) is 10.8. The highest BCUT2D eigenvalue weighted by molar-refractivity contribution is 5.87. The van der Waals surface area contributed by atoms with Gasteiger partial charge in [0.05, 0.1) is 12.0 Å². The molecule has 0 saturated carbocycles. The molecule has 0 aliphatic carbocycles. The molecule has 0 spiro atoms. The lowest BCUT2D eigenvalue weighted by Gasteiger charge is -2.14. The number of hydrogen-bond donors (Lipinski definition) is 1. The summed E-state index contributed by atoms with van der Waals surface area (Å²) in [5.74, 6) is 0.0634. The van der Waals surface area contributed by atoms with Crippen molar-refractivity contribution in [1.82, 2.24) is 4.98 Å². The van der Waals surface area contributed by atoms with Crippen molar-refractivity contribution in [2.45, 2.75) is 20.0 Å². The Hall–Kier alpha value is -2.30. The monoisotopic (exact) mass is 261 g/mol. The first-order chi connectivity index (χ1) is 9.13. The van der Waals surface area contributed by atoms with Gasteiger partial charge in [0.2, 0.25) is 0 Å². The number of carbonyl (C=O) groups is 1. The van der Waals surface area contributed by atoms with Crippen LogP contribution in [0.15, 0.2) is 35.3 Å². The number of H-pyrrole nitrogens is 1. The van der Waals surface area contributed by atoms with Crippen LogP contribution < -0.4 is 10.3 Å². The average molecular weight is 261 g/mol. The molecule has 1 atom stereocenters. The van der Waals surface area contributed by atoms with Crippen LogP contribution in [0.2, 0.25) is 0 Å². The first-order valence-electron chi connectivity index (χ1n) is 6.07. The van der Waals surface area contributed by atoms with Gasteiger partial charge in [-0.3, -0.25) is 4.79 Å². The summed E-state index contributed by atoms with van der Waals surface area (Å²) in [7, 11) is 0. The van der Waals surface area contributed by atoms with Crippen molar-refractivity contribution in [1.29, 1.82) is 0 Å². The Balaban J connectivity index is 2.33. The summed E-state index contributed by atoms with van der Waals surface area (Å²) in [6.07, 6.45) is 0.830. The van der Waals surface area contributed by atoms with Crippen molar-refractivity contribution < 1.29 is 14.3 Å². The van der Waals surface area contributed by atoms with Crippen LogP contribution >= 0.6 is 0 Å². The molecule has 1 N–H and O–H groups in total. The fraction of sp³-hybridized carbons (Fsp3) is 0.286. The number of ether oxygens (including phenoxy) is 2. The highest BCUT2D eigenvalue weighted by Crippen LogP contribution is 2.23. The smallest absolute Gasteiger partial charge is 0.347 e. The summed E-state index contributed by atoms with van der Waals surface area (Å²) in [6.45, 7) is 3.66. The third-order valence-electron chi connectivity index (χ3n) is 2.70. The van der Waals surface area contributed by atoms with Crippen LogP contribution in [0.25, 0.3) is 10.8 Å². The lowest BCUT2D eigenvalue weighted by atomic mass is 10.1. The van der Waals surface area contributed by atoms with Gasteiger partial charge in [-0.05, 0) is 32.0 Å². The molecule has 0 fully saturated rings. The van der Waals surface area contributed by atoms with Gasteiger partial charge < -0.3 is 14.5 Å². The molecule has 0 amide bonds. The number of hydrogen-bond acceptors (Lipinski definition) is 4. The first-order valence-corrected chi connectivity index (χ1v) is 6.07. The molecule has 0 unspecified atom stereocenters. The van der Waals surface area contributed by atoms with Crippen molar-refractivity contribution >= 4 is 16.7 Å². The van der Waals surface area contributed by atoms with E-state index < -0.39 is 12.1 Å². The van der Waals surface area contributed by atoms with Crippen LogP contribution in [0.1, 0.15) is 13.8 Å². The van der Waals surface area contributed by atoms with Crippen LogP contribution in [-0.2, 0) is 9.53 Å². The Morgan fingerprint density at radius 1 is 1.32 bits per heavy atom. The summed E-state index contributed by atoms with van der Waals surface area (Å²) < 4.78 is 10.4. The van der Waals surface area contributed by atoms with Gasteiger partial charge in [0, 0.05) is 11.6 Å². The van der Waals surface area contributed by atoms with E-state index in [1.165, 1.54) is 0 Å². The van der Waals surface area contributed by atoms with E-state index in [2.05, 4.69) is 4.98 Å². The maximum atomic E-state index is 11.7. The molecule has 0 radical (unpaired) electrons. The van der Waals surface area contributed by atoms with Crippen LogP contribution in [0.4, 0.5) is 0 Å². The van der Waals surface area contributed by atoms with Gasteiger partial charge in [0.25, 0.3) is 5.56 Å². The minimum Gasteiger partial charge on any atom is -0.478 e. The Labute approximate surface area is 110 Å². The van der Waals surface area contributed by atoms with E-state index in [-0.39, 0.29) is 5.56 Å². The molecular weight excluding hydrogens is 246 g/mol. The molecule has 0 saturated heterocycles. The predicted octanol–water partition coefficient (Wildman–Crippen LogP) is 1.86. The van der Waals surface area contributed by atoms with Gasteiger partial charge in [-0.2, -0.15) is 0 Å². The number of rotatable bonds is 4. The molecular formula is C14H15NO4. The number of benzene rings is 1. The zero-order valence-electron chi connectivity index (χ0n) is 10.8. The predicted molar refractivity (Wildman–Crippen MR) is 71.3 cm³/mol. The average Bonchev–Trinajstić information content (AvgIpc) is 2.40. The van der Waals surface area contributed by atoms with Crippen molar-refractivity contribution in [3.63, 3.8) is 0 Å². The van der Waals surface area contributed by atoms with Crippen LogP contribution in [-0.4, -0.2) is 23.7 Å². The zero-order chi connectivity index (χ0) is 13.8. The van der Waals surface area contributed by atoms with Gasteiger partial charge in [-0.25, -0.2) is 4.79 Å². The second-order valence-corrected chi connectivity index (χ2v) is 4.04. The number of esters is 1. The Morgan fingerprint density at radius 2 is 2.11 bits per heavy atom. The molecule has 5 nitrogen and oxygen atoms in total. The Morgan fingerprint density at radius 3 is 2.84 bits per heavy atom. The van der Waals surface area contributed by atoms with Gasteiger partial charge >= 0.3 is 5.97 Å². The Kier molecular flexibility index (Phi) is 3.85. The van der Waals surface area contributed by atoms with Crippen LogP contribution in [0.3, 0.4) is 0 Å². The summed E-state index contributed by atoms with van der Waals surface area (Å²) in [6, 6.07) is 6.88. The van der Waals surface area contributed by atoms with Gasteiger partial charge in [0.1, 0.15) is 5.75 Å². The van der Waals surface area contributed by atoms with E-state index in [9.17, 15) is 9.59 Å². The van der Waals surface area contributed by atoms with Gasteiger partial charge in [-0.1, -0.05) is 6.07 Å². The summed E-state index contributed by atoms with van der Waals surface area (Å²) in [5.41, 5.74) is -0.188. The molecule has 2 rings (SSSR count). The molecule has 100 valence electrons. The van der Waals surface area contributed by atoms with Crippen LogP contribution in [0.5, 0.6) is 5.75 Å². The standard InChI is InChI=1S/C14H15NO4/c1-3-18-14(17)9(2)19-12-6-4-5-11-10(12)7-8-15-13(11)16/h4-9H,3H2,1-2H3,(H,15,16)/t9-/m1/s1. The number of nitrogens with one attached hydrogen (secondary N) is 1. The third kappa shape index (κ3) is 2.76.